The third kappa shape index (κ3) is 3.29. The van der Waals surface area contributed by atoms with Gasteiger partial charge in [0, 0.05) is 24.5 Å². The summed E-state index contributed by atoms with van der Waals surface area (Å²) in [7, 11) is 0. The third-order valence-corrected chi connectivity index (χ3v) is 3.25. The first-order valence-electron chi connectivity index (χ1n) is 6.23. The molecule has 2 N–H and O–H groups in total. The van der Waals surface area contributed by atoms with Gasteiger partial charge in [-0.15, -0.1) is 0 Å². The van der Waals surface area contributed by atoms with Gasteiger partial charge in [-0.2, -0.15) is 0 Å². The summed E-state index contributed by atoms with van der Waals surface area (Å²) in [5, 5.41) is 7.13. The fourth-order valence-electron chi connectivity index (χ4n) is 2.27. The standard InChI is InChI=1S/C13H21N3/c1-11(12-4-2-8-15-10-12)16-13-5-3-7-14-9-6-13/h2,4,8,10-11,13-14,16H,3,5-7,9H2,1H3/t11-,13?/m1/s1. The summed E-state index contributed by atoms with van der Waals surface area (Å²) < 4.78 is 0. The van der Waals surface area contributed by atoms with Crippen LogP contribution < -0.4 is 10.6 Å². The van der Waals surface area contributed by atoms with Gasteiger partial charge in [-0.1, -0.05) is 6.07 Å². The van der Waals surface area contributed by atoms with Gasteiger partial charge in [0.25, 0.3) is 0 Å². The molecule has 1 fully saturated rings. The zero-order valence-electron chi connectivity index (χ0n) is 9.95. The highest BCUT2D eigenvalue weighted by Crippen LogP contribution is 2.14. The highest BCUT2D eigenvalue weighted by molar-refractivity contribution is 5.13. The Balaban J connectivity index is 1.88. The average Bonchev–Trinajstić information content (AvgIpc) is 2.59. The number of pyridine rings is 1. The van der Waals surface area contributed by atoms with E-state index < -0.39 is 0 Å². The molecule has 2 rings (SSSR count). The van der Waals surface area contributed by atoms with E-state index in [9.17, 15) is 0 Å². The summed E-state index contributed by atoms with van der Waals surface area (Å²) in [6, 6.07) is 5.18. The van der Waals surface area contributed by atoms with Gasteiger partial charge in [0.05, 0.1) is 0 Å². The van der Waals surface area contributed by atoms with Crippen molar-refractivity contribution in [3.05, 3.63) is 30.1 Å². The number of hydrogen-bond acceptors (Lipinski definition) is 3. The van der Waals surface area contributed by atoms with Crippen molar-refractivity contribution >= 4 is 0 Å². The van der Waals surface area contributed by atoms with Crippen molar-refractivity contribution in [2.75, 3.05) is 13.1 Å². The molecule has 3 heteroatoms. The van der Waals surface area contributed by atoms with Gasteiger partial charge in [0.2, 0.25) is 0 Å². The van der Waals surface area contributed by atoms with Crippen LogP contribution in [0.2, 0.25) is 0 Å². The molecule has 1 aromatic heterocycles. The normalized spacial score (nSPS) is 23.7. The van der Waals surface area contributed by atoms with E-state index in [-0.39, 0.29) is 0 Å². The molecular formula is C13H21N3. The number of rotatable bonds is 3. The third-order valence-electron chi connectivity index (χ3n) is 3.25. The van der Waals surface area contributed by atoms with Crippen LogP contribution in [0.25, 0.3) is 0 Å². The molecule has 1 aliphatic heterocycles. The van der Waals surface area contributed by atoms with E-state index in [2.05, 4.69) is 28.6 Å². The van der Waals surface area contributed by atoms with E-state index in [1.54, 1.807) is 0 Å². The molecule has 2 atom stereocenters. The van der Waals surface area contributed by atoms with Crippen molar-refractivity contribution in [2.45, 2.75) is 38.3 Å². The smallest absolute Gasteiger partial charge is 0.0315 e. The van der Waals surface area contributed by atoms with E-state index in [1.165, 1.54) is 31.4 Å². The van der Waals surface area contributed by atoms with Gasteiger partial charge < -0.3 is 10.6 Å². The first-order chi connectivity index (χ1) is 7.86. The molecular weight excluding hydrogens is 198 g/mol. The summed E-state index contributed by atoms with van der Waals surface area (Å²) >= 11 is 0. The molecule has 0 amide bonds. The summed E-state index contributed by atoms with van der Waals surface area (Å²) in [6.45, 7) is 4.52. The Morgan fingerprint density at radius 3 is 3.19 bits per heavy atom. The molecule has 0 bridgehead atoms. The predicted octanol–water partition coefficient (Wildman–Crippen LogP) is 1.87. The lowest BCUT2D eigenvalue weighted by molar-refractivity contribution is 0.421. The Hall–Kier alpha value is -0.930. The molecule has 0 aliphatic carbocycles. The van der Waals surface area contributed by atoms with Crippen LogP contribution in [0, 0.1) is 0 Å². The van der Waals surface area contributed by atoms with Gasteiger partial charge in [-0.3, -0.25) is 4.98 Å². The Labute approximate surface area is 97.7 Å². The van der Waals surface area contributed by atoms with E-state index >= 15 is 0 Å². The van der Waals surface area contributed by atoms with Crippen LogP contribution in [0.1, 0.15) is 37.8 Å². The monoisotopic (exact) mass is 219 g/mol. The second-order valence-electron chi connectivity index (χ2n) is 4.55. The molecule has 1 aliphatic rings. The summed E-state index contributed by atoms with van der Waals surface area (Å²) in [5.41, 5.74) is 1.28. The second kappa shape index (κ2) is 5.97. The minimum atomic E-state index is 0.400. The number of nitrogens with zero attached hydrogens (tertiary/aromatic N) is 1. The molecule has 2 heterocycles. The van der Waals surface area contributed by atoms with Crippen LogP contribution in [0.4, 0.5) is 0 Å². The second-order valence-corrected chi connectivity index (χ2v) is 4.55. The summed E-state index contributed by atoms with van der Waals surface area (Å²) in [6.07, 6.45) is 7.55. The first kappa shape index (κ1) is 11.6. The van der Waals surface area contributed by atoms with Crippen LogP contribution in [-0.4, -0.2) is 24.1 Å². The predicted molar refractivity (Wildman–Crippen MR) is 66.3 cm³/mol. The summed E-state index contributed by atoms with van der Waals surface area (Å²) in [4.78, 5) is 4.17. The molecule has 1 aromatic rings. The van der Waals surface area contributed by atoms with E-state index in [0.717, 1.165) is 6.54 Å². The van der Waals surface area contributed by atoms with Crippen LogP contribution in [0.5, 0.6) is 0 Å². The van der Waals surface area contributed by atoms with Crippen molar-refractivity contribution in [1.29, 1.82) is 0 Å². The van der Waals surface area contributed by atoms with Gasteiger partial charge in [0.15, 0.2) is 0 Å². The quantitative estimate of drug-likeness (QED) is 0.815. The van der Waals surface area contributed by atoms with Crippen molar-refractivity contribution < 1.29 is 0 Å². The largest absolute Gasteiger partial charge is 0.317 e. The van der Waals surface area contributed by atoms with E-state index in [4.69, 9.17) is 0 Å². The fourth-order valence-corrected chi connectivity index (χ4v) is 2.27. The lowest BCUT2D eigenvalue weighted by Gasteiger charge is -2.21. The van der Waals surface area contributed by atoms with Crippen molar-refractivity contribution in [2.24, 2.45) is 0 Å². The number of nitrogens with one attached hydrogen (secondary N) is 2. The topological polar surface area (TPSA) is 37.0 Å². The Kier molecular flexibility index (Phi) is 4.31. The van der Waals surface area contributed by atoms with Crippen LogP contribution in [0.3, 0.4) is 0 Å². The number of aromatic nitrogens is 1. The van der Waals surface area contributed by atoms with Crippen LogP contribution in [0.15, 0.2) is 24.5 Å². The maximum atomic E-state index is 4.17. The van der Waals surface area contributed by atoms with Crippen molar-refractivity contribution in [3.63, 3.8) is 0 Å². The van der Waals surface area contributed by atoms with Crippen molar-refractivity contribution in [1.82, 2.24) is 15.6 Å². The van der Waals surface area contributed by atoms with Gasteiger partial charge in [-0.05, 0) is 50.9 Å². The van der Waals surface area contributed by atoms with Crippen LogP contribution >= 0.6 is 0 Å². The molecule has 16 heavy (non-hydrogen) atoms. The average molecular weight is 219 g/mol. The zero-order chi connectivity index (χ0) is 11.2. The van der Waals surface area contributed by atoms with Crippen molar-refractivity contribution in [3.8, 4) is 0 Å². The molecule has 3 nitrogen and oxygen atoms in total. The fraction of sp³-hybridized carbons (Fsp3) is 0.615. The van der Waals surface area contributed by atoms with E-state index in [1.807, 2.05) is 18.5 Å². The van der Waals surface area contributed by atoms with Gasteiger partial charge in [-0.25, -0.2) is 0 Å². The molecule has 1 saturated heterocycles. The molecule has 0 saturated carbocycles. The Morgan fingerprint density at radius 1 is 1.44 bits per heavy atom. The lowest BCUT2D eigenvalue weighted by atomic mass is 10.1. The minimum Gasteiger partial charge on any atom is -0.317 e. The summed E-state index contributed by atoms with van der Waals surface area (Å²) in [5.74, 6) is 0. The first-order valence-corrected chi connectivity index (χ1v) is 6.23. The molecule has 0 spiro atoms. The highest BCUT2D eigenvalue weighted by Gasteiger charge is 2.14. The zero-order valence-corrected chi connectivity index (χ0v) is 9.95. The minimum absolute atomic E-state index is 0.400. The molecule has 0 radical (unpaired) electrons. The Bertz CT molecular complexity index is 291. The maximum Gasteiger partial charge on any atom is 0.0315 e. The lowest BCUT2D eigenvalue weighted by Crippen LogP contribution is -2.32. The molecule has 0 aromatic carbocycles. The SMILES string of the molecule is C[C@@H](NC1CCCNCC1)c1cccnc1. The molecule has 1 unspecified atom stereocenters. The molecule has 88 valence electrons. The number of hydrogen-bond donors (Lipinski definition) is 2. The highest BCUT2D eigenvalue weighted by atomic mass is 15.0. The maximum absolute atomic E-state index is 4.17. The van der Waals surface area contributed by atoms with Gasteiger partial charge >= 0.3 is 0 Å². The van der Waals surface area contributed by atoms with Crippen LogP contribution in [-0.2, 0) is 0 Å². The van der Waals surface area contributed by atoms with E-state index in [0.29, 0.717) is 12.1 Å². The Morgan fingerprint density at radius 2 is 2.38 bits per heavy atom. The van der Waals surface area contributed by atoms with Gasteiger partial charge in [0.1, 0.15) is 0 Å².